The monoisotopic (exact) mass is 352 g/mol. The zero-order valence-electron chi connectivity index (χ0n) is 15.8. The molecule has 0 radical (unpaired) electrons. The number of hydrogen-bond donors (Lipinski definition) is 2. The fourth-order valence-corrected chi connectivity index (χ4v) is 3.14. The molecule has 5 nitrogen and oxygen atoms in total. The molecule has 2 N–H and O–H groups in total. The third-order valence-electron chi connectivity index (χ3n) is 4.70. The smallest absolute Gasteiger partial charge is 0.268 e. The van der Waals surface area contributed by atoms with Crippen molar-refractivity contribution < 1.29 is 14.3 Å². The predicted octanol–water partition coefficient (Wildman–Crippen LogP) is 4.29. The maximum atomic E-state index is 12.8. The molecular weight excluding hydrogens is 328 g/mol. The third-order valence-corrected chi connectivity index (χ3v) is 4.70. The van der Waals surface area contributed by atoms with Gasteiger partial charge in [0.1, 0.15) is 5.69 Å². The number of benzene rings is 2. The van der Waals surface area contributed by atoms with E-state index in [1.807, 2.05) is 51.1 Å². The minimum Gasteiger partial charge on any atom is -0.493 e. The Bertz CT molecular complexity index is 959. The molecule has 1 aromatic heterocycles. The van der Waals surface area contributed by atoms with Crippen molar-refractivity contribution >= 4 is 16.8 Å². The molecule has 26 heavy (non-hydrogen) atoms. The Morgan fingerprint density at radius 3 is 2.46 bits per heavy atom. The van der Waals surface area contributed by atoms with Crippen LogP contribution in [-0.4, -0.2) is 25.1 Å². The molecule has 0 saturated heterocycles. The van der Waals surface area contributed by atoms with E-state index in [2.05, 4.69) is 16.4 Å². The standard InChI is InChI=1S/C21H24N2O3/c1-12-6-8-17-16(10-12)13(2)20(23-17)21(24)22-14(3)15-7-9-18(25-4)19(11-15)26-5/h6-11,14,23H,1-5H3,(H,22,24). The maximum Gasteiger partial charge on any atom is 0.268 e. The summed E-state index contributed by atoms with van der Waals surface area (Å²) >= 11 is 0. The number of nitrogens with one attached hydrogen (secondary N) is 2. The van der Waals surface area contributed by atoms with Gasteiger partial charge in [0.15, 0.2) is 11.5 Å². The fourth-order valence-electron chi connectivity index (χ4n) is 3.14. The number of H-pyrrole nitrogens is 1. The van der Waals surface area contributed by atoms with Gasteiger partial charge in [-0.3, -0.25) is 4.79 Å². The molecule has 0 saturated carbocycles. The van der Waals surface area contributed by atoms with Gasteiger partial charge in [-0.05, 0) is 56.2 Å². The second-order valence-electron chi connectivity index (χ2n) is 6.48. The number of aromatic nitrogens is 1. The van der Waals surface area contributed by atoms with Gasteiger partial charge < -0.3 is 19.8 Å². The Labute approximate surface area is 153 Å². The minimum absolute atomic E-state index is 0.126. The summed E-state index contributed by atoms with van der Waals surface area (Å²) in [5.41, 5.74) is 4.64. The van der Waals surface area contributed by atoms with E-state index in [1.165, 1.54) is 5.56 Å². The molecule has 136 valence electrons. The van der Waals surface area contributed by atoms with Crippen molar-refractivity contribution in [1.29, 1.82) is 0 Å². The van der Waals surface area contributed by atoms with Crippen molar-refractivity contribution in [3.05, 3.63) is 58.8 Å². The van der Waals surface area contributed by atoms with Crippen LogP contribution in [0.1, 0.15) is 40.1 Å². The first kappa shape index (κ1) is 17.9. The highest BCUT2D eigenvalue weighted by atomic mass is 16.5. The first-order chi connectivity index (χ1) is 12.4. The van der Waals surface area contributed by atoms with Crippen LogP contribution < -0.4 is 14.8 Å². The number of aromatic amines is 1. The Kier molecular flexibility index (Phi) is 4.89. The number of aryl methyl sites for hydroxylation is 2. The van der Waals surface area contributed by atoms with E-state index in [9.17, 15) is 4.79 Å². The zero-order valence-corrected chi connectivity index (χ0v) is 15.8. The lowest BCUT2D eigenvalue weighted by Gasteiger charge is -2.16. The minimum atomic E-state index is -0.171. The number of fused-ring (bicyclic) bond motifs is 1. The van der Waals surface area contributed by atoms with Crippen LogP contribution in [0.3, 0.4) is 0 Å². The van der Waals surface area contributed by atoms with Gasteiger partial charge in [-0.2, -0.15) is 0 Å². The van der Waals surface area contributed by atoms with Gasteiger partial charge in [-0.25, -0.2) is 0 Å². The largest absolute Gasteiger partial charge is 0.493 e. The molecule has 0 fully saturated rings. The van der Waals surface area contributed by atoms with Crippen molar-refractivity contribution in [2.75, 3.05) is 14.2 Å². The molecule has 3 aromatic rings. The summed E-state index contributed by atoms with van der Waals surface area (Å²) in [7, 11) is 3.20. The quantitative estimate of drug-likeness (QED) is 0.720. The second-order valence-corrected chi connectivity index (χ2v) is 6.48. The summed E-state index contributed by atoms with van der Waals surface area (Å²) < 4.78 is 10.6. The molecule has 1 unspecified atom stereocenters. The molecule has 0 aliphatic heterocycles. The van der Waals surface area contributed by atoms with Crippen molar-refractivity contribution in [2.45, 2.75) is 26.8 Å². The van der Waals surface area contributed by atoms with Gasteiger partial charge in [-0.1, -0.05) is 17.7 Å². The fraction of sp³-hybridized carbons (Fsp3) is 0.286. The highest BCUT2D eigenvalue weighted by Gasteiger charge is 2.18. The molecule has 1 atom stereocenters. The highest BCUT2D eigenvalue weighted by molar-refractivity contribution is 6.01. The Morgan fingerprint density at radius 1 is 1.04 bits per heavy atom. The average molecular weight is 352 g/mol. The summed E-state index contributed by atoms with van der Waals surface area (Å²) in [6.07, 6.45) is 0. The van der Waals surface area contributed by atoms with Crippen LogP contribution in [0.15, 0.2) is 36.4 Å². The van der Waals surface area contributed by atoms with E-state index in [1.54, 1.807) is 14.2 Å². The SMILES string of the molecule is COc1ccc(C(C)NC(=O)c2[nH]c3ccc(C)cc3c2C)cc1OC. The van der Waals surface area contributed by atoms with Gasteiger partial charge in [0, 0.05) is 10.9 Å². The van der Waals surface area contributed by atoms with Crippen LogP contribution in [-0.2, 0) is 0 Å². The molecule has 0 bridgehead atoms. The maximum absolute atomic E-state index is 12.8. The Morgan fingerprint density at radius 2 is 1.77 bits per heavy atom. The molecule has 1 amide bonds. The number of carbonyl (C=O) groups is 1. The van der Waals surface area contributed by atoms with E-state index in [0.717, 1.165) is 22.0 Å². The summed E-state index contributed by atoms with van der Waals surface area (Å²) in [6.45, 7) is 5.96. The van der Waals surface area contributed by atoms with E-state index in [-0.39, 0.29) is 11.9 Å². The molecule has 0 aliphatic carbocycles. The van der Waals surface area contributed by atoms with Gasteiger partial charge in [0.05, 0.1) is 20.3 Å². The van der Waals surface area contributed by atoms with E-state index in [0.29, 0.717) is 17.2 Å². The van der Waals surface area contributed by atoms with Crippen LogP contribution in [0.4, 0.5) is 0 Å². The van der Waals surface area contributed by atoms with Crippen molar-refractivity contribution in [2.24, 2.45) is 0 Å². The van der Waals surface area contributed by atoms with E-state index in [4.69, 9.17) is 9.47 Å². The number of ether oxygens (including phenoxy) is 2. The Balaban J connectivity index is 1.85. The lowest BCUT2D eigenvalue weighted by atomic mass is 10.1. The molecule has 2 aromatic carbocycles. The highest BCUT2D eigenvalue weighted by Crippen LogP contribution is 2.30. The van der Waals surface area contributed by atoms with Gasteiger partial charge in [-0.15, -0.1) is 0 Å². The average Bonchev–Trinajstić information content (AvgIpc) is 2.97. The molecule has 0 aliphatic rings. The first-order valence-corrected chi connectivity index (χ1v) is 8.56. The van der Waals surface area contributed by atoms with Gasteiger partial charge in [0.25, 0.3) is 5.91 Å². The van der Waals surface area contributed by atoms with Crippen molar-refractivity contribution in [3.8, 4) is 11.5 Å². The van der Waals surface area contributed by atoms with Crippen molar-refractivity contribution in [1.82, 2.24) is 10.3 Å². The molecular formula is C21H24N2O3. The summed E-state index contributed by atoms with van der Waals surface area (Å²) in [4.78, 5) is 16.0. The normalized spacial score (nSPS) is 12.0. The van der Waals surface area contributed by atoms with E-state index >= 15 is 0 Å². The number of methoxy groups -OCH3 is 2. The Hall–Kier alpha value is -2.95. The molecule has 0 spiro atoms. The van der Waals surface area contributed by atoms with Crippen LogP contribution >= 0.6 is 0 Å². The zero-order chi connectivity index (χ0) is 18.8. The number of rotatable bonds is 5. The van der Waals surface area contributed by atoms with Crippen LogP contribution in [0.25, 0.3) is 10.9 Å². The number of hydrogen-bond acceptors (Lipinski definition) is 3. The third kappa shape index (κ3) is 3.25. The summed E-state index contributed by atoms with van der Waals surface area (Å²) in [6, 6.07) is 11.6. The first-order valence-electron chi connectivity index (χ1n) is 8.56. The lowest BCUT2D eigenvalue weighted by Crippen LogP contribution is -2.27. The van der Waals surface area contributed by atoms with E-state index < -0.39 is 0 Å². The van der Waals surface area contributed by atoms with Crippen molar-refractivity contribution in [3.63, 3.8) is 0 Å². The number of amides is 1. The van der Waals surface area contributed by atoms with Gasteiger partial charge >= 0.3 is 0 Å². The molecule has 3 rings (SSSR count). The molecule has 5 heteroatoms. The summed E-state index contributed by atoms with van der Waals surface area (Å²) in [5, 5.41) is 4.13. The molecule has 1 heterocycles. The lowest BCUT2D eigenvalue weighted by molar-refractivity contribution is 0.0935. The van der Waals surface area contributed by atoms with Crippen LogP contribution in [0.5, 0.6) is 11.5 Å². The second kappa shape index (κ2) is 7.12. The summed E-state index contributed by atoms with van der Waals surface area (Å²) in [5.74, 6) is 1.18. The van der Waals surface area contributed by atoms with Gasteiger partial charge in [0.2, 0.25) is 0 Å². The van der Waals surface area contributed by atoms with Crippen LogP contribution in [0.2, 0.25) is 0 Å². The van der Waals surface area contributed by atoms with Crippen LogP contribution in [0, 0.1) is 13.8 Å². The predicted molar refractivity (Wildman–Crippen MR) is 103 cm³/mol. The number of carbonyl (C=O) groups excluding carboxylic acids is 1. The topological polar surface area (TPSA) is 63.3 Å².